The van der Waals surface area contributed by atoms with Crippen LogP contribution in [0.1, 0.15) is 101 Å². The van der Waals surface area contributed by atoms with Crippen LogP contribution in [0.3, 0.4) is 0 Å². The van der Waals surface area contributed by atoms with E-state index in [1.54, 1.807) is 0 Å². The third kappa shape index (κ3) is 4.66. The first-order valence-electron chi connectivity index (χ1n) is 9.75. The number of rotatable bonds is 6. The van der Waals surface area contributed by atoms with E-state index in [4.69, 9.17) is 0 Å². The molecule has 0 spiro atoms. The summed E-state index contributed by atoms with van der Waals surface area (Å²) in [5.41, 5.74) is 8.11. The molecular weight excluding hydrogens is 302 g/mol. The Morgan fingerprint density at radius 3 is 1.40 bits per heavy atom. The summed E-state index contributed by atoms with van der Waals surface area (Å²) in [6, 6.07) is 13.7. The van der Waals surface area contributed by atoms with Crippen molar-refractivity contribution in [3.05, 3.63) is 58.7 Å². The van der Waals surface area contributed by atoms with Gasteiger partial charge >= 0.3 is 0 Å². The molecule has 0 fully saturated rings. The van der Waals surface area contributed by atoms with Crippen LogP contribution >= 0.6 is 0 Å². The lowest BCUT2D eigenvalue weighted by Crippen LogP contribution is -2.05. The molecule has 136 valence electrons. The van der Waals surface area contributed by atoms with E-state index in [9.17, 15) is 0 Å². The van der Waals surface area contributed by atoms with E-state index in [-0.39, 0.29) is 0 Å². The van der Waals surface area contributed by atoms with E-state index in [1.807, 2.05) is 0 Å². The normalized spacial score (nSPS) is 11.8. The molecule has 1 N–H and O–H groups in total. The zero-order valence-electron chi connectivity index (χ0n) is 17.3. The van der Waals surface area contributed by atoms with Crippen molar-refractivity contribution in [3.8, 4) is 0 Å². The van der Waals surface area contributed by atoms with Gasteiger partial charge in [0.25, 0.3) is 0 Å². The van der Waals surface area contributed by atoms with Crippen molar-refractivity contribution in [2.45, 2.75) is 79.1 Å². The molecule has 25 heavy (non-hydrogen) atoms. The fraction of sp³-hybridized carbons (Fsp3) is 0.500. The molecule has 0 saturated heterocycles. The van der Waals surface area contributed by atoms with Crippen molar-refractivity contribution in [1.82, 2.24) is 0 Å². The van der Waals surface area contributed by atoms with Crippen molar-refractivity contribution in [2.24, 2.45) is 0 Å². The van der Waals surface area contributed by atoms with Crippen molar-refractivity contribution < 1.29 is 0 Å². The molecule has 0 radical (unpaired) electrons. The molecule has 1 nitrogen and oxygen atoms in total. The highest BCUT2D eigenvalue weighted by Crippen LogP contribution is 2.36. The smallest absolute Gasteiger partial charge is 0.0454 e. The lowest BCUT2D eigenvalue weighted by Gasteiger charge is -2.22. The monoisotopic (exact) mass is 337 g/mol. The molecule has 0 aromatic heterocycles. The van der Waals surface area contributed by atoms with Crippen LogP contribution in [-0.2, 0) is 0 Å². The summed E-state index contributed by atoms with van der Waals surface area (Å²) in [6.45, 7) is 18.2. The molecule has 0 aliphatic heterocycles. The Hall–Kier alpha value is -1.76. The van der Waals surface area contributed by atoms with Gasteiger partial charge in [-0.2, -0.15) is 0 Å². The summed E-state index contributed by atoms with van der Waals surface area (Å²) in [6.07, 6.45) is 0. The highest BCUT2D eigenvalue weighted by atomic mass is 14.9. The lowest BCUT2D eigenvalue weighted by atomic mass is 9.91. The van der Waals surface area contributed by atoms with Gasteiger partial charge in [-0.15, -0.1) is 0 Å². The van der Waals surface area contributed by atoms with Gasteiger partial charge in [0, 0.05) is 11.4 Å². The molecule has 0 aliphatic carbocycles. The minimum absolute atomic E-state index is 0.499. The van der Waals surface area contributed by atoms with Crippen LogP contribution in [0.4, 0.5) is 11.4 Å². The molecule has 0 saturated carbocycles. The van der Waals surface area contributed by atoms with E-state index < -0.39 is 0 Å². The molecule has 0 unspecified atom stereocenters. The third-order valence-electron chi connectivity index (χ3n) is 4.95. The van der Waals surface area contributed by atoms with Gasteiger partial charge in [-0.05, 0) is 58.1 Å². The molecule has 2 rings (SSSR count). The molecule has 0 atom stereocenters. The Morgan fingerprint density at radius 2 is 1.04 bits per heavy atom. The van der Waals surface area contributed by atoms with Crippen molar-refractivity contribution in [3.63, 3.8) is 0 Å². The lowest BCUT2D eigenvalue weighted by molar-refractivity contribution is 0.831. The van der Waals surface area contributed by atoms with Gasteiger partial charge in [-0.25, -0.2) is 0 Å². The zero-order valence-corrected chi connectivity index (χ0v) is 17.3. The second-order valence-electron chi connectivity index (χ2n) is 8.44. The Bertz CT molecular complexity index is 656. The number of nitrogens with one attached hydrogen (secondary N) is 1. The van der Waals surface area contributed by atoms with Crippen molar-refractivity contribution in [1.29, 1.82) is 0 Å². The molecule has 0 aliphatic rings. The van der Waals surface area contributed by atoms with Gasteiger partial charge in [0.15, 0.2) is 0 Å². The Balaban J connectivity index is 2.55. The molecule has 0 amide bonds. The Morgan fingerprint density at radius 1 is 0.600 bits per heavy atom. The minimum Gasteiger partial charge on any atom is -0.355 e. The number of anilines is 2. The highest BCUT2D eigenvalue weighted by Gasteiger charge is 2.15. The van der Waals surface area contributed by atoms with E-state index in [2.05, 4.69) is 97.1 Å². The highest BCUT2D eigenvalue weighted by molar-refractivity contribution is 5.69. The molecule has 0 heterocycles. The molecule has 2 aromatic rings. The van der Waals surface area contributed by atoms with Crippen LogP contribution in [0.15, 0.2) is 36.4 Å². The van der Waals surface area contributed by atoms with Gasteiger partial charge < -0.3 is 5.32 Å². The average molecular weight is 338 g/mol. The average Bonchev–Trinajstić information content (AvgIpc) is 2.54. The summed E-state index contributed by atoms with van der Waals surface area (Å²) in [7, 11) is 0. The van der Waals surface area contributed by atoms with Crippen LogP contribution < -0.4 is 5.32 Å². The van der Waals surface area contributed by atoms with E-state index >= 15 is 0 Å². The fourth-order valence-corrected chi connectivity index (χ4v) is 3.26. The summed E-state index contributed by atoms with van der Waals surface area (Å²) < 4.78 is 0. The first kappa shape index (κ1) is 19.6. The van der Waals surface area contributed by atoms with E-state index in [1.165, 1.54) is 33.6 Å². The van der Waals surface area contributed by atoms with Gasteiger partial charge in [-0.3, -0.25) is 0 Å². The van der Waals surface area contributed by atoms with Crippen LogP contribution in [-0.4, -0.2) is 0 Å². The number of benzene rings is 2. The maximum absolute atomic E-state index is 3.79. The number of hydrogen-bond donors (Lipinski definition) is 1. The van der Waals surface area contributed by atoms with Crippen molar-refractivity contribution in [2.75, 3.05) is 5.32 Å². The second kappa shape index (κ2) is 8.08. The maximum atomic E-state index is 3.79. The maximum Gasteiger partial charge on any atom is 0.0454 e. The van der Waals surface area contributed by atoms with Crippen LogP contribution in [0, 0.1) is 0 Å². The fourth-order valence-electron chi connectivity index (χ4n) is 3.26. The number of para-hydroxylation sites is 1. The predicted octanol–water partition coefficient (Wildman–Crippen LogP) is 7.92. The SMILES string of the molecule is CC(C)c1cc(Nc2c(C(C)C)cccc2C(C)C)cc(C(C)C)c1. The second-order valence-corrected chi connectivity index (χ2v) is 8.44. The van der Waals surface area contributed by atoms with E-state index in [0.717, 1.165) is 0 Å². The van der Waals surface area contributed by atoms with Crippen LogP contribution in [0.2, 0.25) is 0 Å². The van der Waals surface area contributed by atoms with Crippen LogP contribution in [0.5, 0.6) is 0 Å². The summed E-state index contributed by atoms with van der Waals surface area (Å²) in [5, 5.41) is 3.79. The first-order valence-corrected chi connectivity index (χ1v) is 9.75. The Kier molecular flexibility index (Phi) is 6.32. The standard InChI is InChI=1S/C24H35N/c1-15(2)19-12-20(16(3)4)14-21(13-19)25-24-22(17(5)6)10-9-11-23(24)18(7)8/h9-18,25H,1-8H3. The van der Waals surface area contributed by atoms with Gasteiger partial charge in [-0.1, -0.05) is 79.7 Å². The van der Waals surface area contributed by atoms with Gasteiger partial charge in [0.1, 0.15) is 0 Å². The third-order valence-corrected chi connectivity index (χ3v) is 4.95. The molecule has 1 heteroatoms. The Labute approximate surface area is 154 Å². The molecule has 2 aromatic carbocycles. The largest absolute Gasteiger partial charge is 0.355 e. The van der Waals surface area contributed by atoms with E-state index in [0.29, 0.717) is 23.7 Å². The van der Waals surface area contributed by atoms with Gasteiger partial charge in [0.05, 0.1) is 0 Å². The van der Waals surface area contributed by atoms with Gasteiger partial charge in [0.2, 0.25) is 0 Å². The van der Waals surface area contributed by atoms with Crippen molar-refractivity contribution >= 4 is 11.4 Å². The van der Waals surface area contributed by atoms with Crippen LogP contribution in [0.25, 0.3) is 0 Å². The molecule has 0 bridgehead atoms. The topological polar surface area (TPSA) is 12.0 Å². The summed E-state index contributed by atoms with van der Waals surface area (Å²) in [4.78, 5) is 0. The minimum atomic E-state index is 0.499. The summed E-state index contributed by atoms with van der Waals surface area (Å²) in [5.74, 6) is 2.06. The zero-order chi connectivity index (χ0) is 18.7. The summed E-state index contributed by atoms with van der Waals surface area (Å²) >= 11 is 0. The number of hydrogen-bond acceptors (Lipinski definition) is 1. The predicted molar refractivity (Wildman–Crippen MR) is 113 cm³/mol. The molecular formula is C24H35N. The quantitative estimate of drug-likeness (QED) is 0.564. The first-order chi connectivity index (χ1) is 11.7.